The predicted molar refractivity (Wildman–Crippen MR) is 103 cm³/mol. The molecule has 0 atom stereocenters. The lowest BCUT2D eigenvalue weighted by Gasteiger charge is -2.12. The van der Waals surface area contributed by atoms with Crippen molar-refractivity contribution < 1.29 is 14.6 Å². The van der Waals surface area contributed by atoms with Gasteiger partial charge in [-0.2, -0.15) is 0 Å². The number of hydrogen-bond acceptors (Lipinski definition) is 4. The number of carbonyl (C=O) groups excluding carboxylic acids is 1. The Labute approximate surface area is 153 Å². The SMILES string of the molecule is CCc1ccc(O)c(NC(=S)NC(=O)COc2ccc(C)c(C)c2)c1. The van der Waals surface area contributed by atoms with Gasteiger partial charge in [0.1, 0.15) is 11.5 Å². The predicted octanol–water partition coefficient (Wildman–Crippen LogP) is 3.46. The minimum atomic E-state index is -0.373. The van der Waals surface area contributed by atoms with Crippen molar-refractivity contribution in [3.05, 3.63) is 53.1 Å². The van der Waals surface area contributed by atoms with Gasteiger partial charge in [-0.15, -0.1) is 0 Å². The number of aryl methyl sites for hydroxylation is 3. The number of nitrogens with one attached hydrogen (secondary N) is 2. The highest BCUT2D eigenvalue weighted by Gasteiger charge is 2.09. The molecule has 0 aliphatic rings. The Morgan fingerprint density at radius 1 is 1.16 bits per heavy atom. The van der Waals surface area contributed by atoms with Crippen LogP contribution in [0.15, 0.2) is 36.4 Å². The average Bonchev–Trinajstić information content (AvgIpc) is 2.58. The molecule has 25 heavy (non-hydrogen) atoms. The van der Waals surface area contributed by atoms with Gasteiger partial charge in [0.2, 0.25) is 0 Å². The van der Waals surface area contributed by atoms with Crippen LogP contribution < -0.4 is 15.4 Å². The Bertz CT molecular complexity index is 790. The largest absolute Gasteiger partial charge is 0.506 e. The standard InChI is InChI=1S/C19H22N2O3S/c1-4-14-6-8-17(22)16(10-14)20-19(25)21-18(23)11-24-15-7-5-12(2)13(3)9-15/h5-10,22H,4,11H2,1-3H3,(H2,20,21,23,25). The number of phenols is 1. The second-order valence-corrected chi connectivity index (χ2v) is 6.15. The molecule has 3 N–H and O–H groups in total. The van der Waals surface area contributed by atoms with E-state index in [0.29, 0.717) is 11.4 Å². The van der Waals surface area contributed by atoms with Crippen molar-refractivity contribution in [2.75, 3.05) is 11.9 Å². The molecule has 0 saturated heterocycles. The molecule has 132 valence electrons. The lowest BCUT2D eigenvalue weighted by atomic mass is 10.1. The van der Waals surface area contributed by atoms with Crippen LogP contribution in [0.1, 0.15) is 23.6 Å². The van der Waals surface area contributed by atoms with E-state index in [1.54, 1.807) is 12.1 Å². The Hall–Kier alpha value is -2.60. The number of benzene rings is 2. The third-order valence-electron chi connectivity index (χ3n) is 3.82. The summed E-state index contributed by atoms with van der Waals surface area (Å²) in [6, 6.07) is 10.9. The molecule has 0 saturated carbocycles. The molecular weight excluding hydrogens is 336 g/mol. The monoisotopic (exact) mass is 358 g/mol. The van der Waals surface area contributed by atoms with Crippen molar-refractivity contribution in [3.63, 3.8) is 0 Å². The number of amides is 1. The number of ether oxygens (including phenoxy) is 1. The van der Waals surface area contributed by atoms with Gasteiger partial charge in [-0.05, 0) is 73.4 Å². The smallest absolute Gasteiger partial charge is 0.264 e. The van der Waals surface area contributed by atoms with Gasteiger partial charge in [0.05, 0.1) is 5.69 Å². The van der Waals surface area contributed by atoms with Crippen molar-refractivity contribution in [2.24, 2.45) is 0 Å². The minimum absolute atomic E-state index is 0.0696. The van der Waals surface area contributed by atoms with Crippen LogP contribution in [0, 0.1) is 13.8 Å². The highest BCUT2D eigenvalue weighted by molar-refractivity contribution is 7.80. The van der Waals surface area contributed by atoms with Crippen LogP contribution in [-0.2, 0) is 11.2 Å². The second kappa shape index (κ2) is 8.48. The van der Waals surface area contributed by atoms with Gasteiger partial charge in [0, 0.05) is 0 Å². The van der Waals surface area contributed by atoms with Crippen LogP contribution in [0.5, 0.6) is 11.5 Å². The molecule has 5 nitrogen and oxygen atoms in total. The first-order chi connectivity index (χ1) is 11.9. The molecule has 2 aromatic rings. The van der Waals surface area contributed by atoms with Gasteiger partial charge in [-0.1, -0.05) is 19.1 Å². The van der Waals surface area contributed by atoms with Crippen LogP contribution in [0.4, 0.5) is 5.69 Å². The van der Waals surface area contributed by atoms with Gasteiger partial charge >= 0.3 is 0 Å². The molecule has 2 aromatic carbocycles. The maximum atomic E-state index is 12.0. The fourth-order valence-electron chi connectivity index (χ4n) is 2.17. The third kappa shape index (κ3) is 5.46. The second-order valence-electron chi connectivity index (χ2n) is 5.74. The van der Waals surface area contributed by atoms with E-state index < -0.39 is 0 Å². The third-order valence-corrected chi connectivity index (χ3v) is 4.02. The van der Waals surface area contributed by atoms with Crippen molar-refractivity contribution in [2.45, 2.75) is 27.2 Å². The lowest BCUT2D eigenvalue weighted by Crippen LogP contribution is -2.37. The Balaban J connectivity index is 1.87. The van der Waals surface area contributed by atoms with Crippen LogP contribution in [-0.4, -0.2) is 22.7 Å². The fourth-order valence-corrected chi connectivity index (χ4v) is 2.40. The molecule has 2 rings (SSSR count). The molecule has 0 aliphatic carbocycles. The lowest BCUT2D eigenvalue weighted by molar-refractivity contribution is -0.121. The Morgan fingerprint density at radius 2 is 1.92 bits per heavy atom. The van der Waals surface area contributed by atoms with E-state index >= 15 is 0 Å². The normalized spacial score (nSPS) is 10.2. The maximum absolute atomic E-state index is 12.0. The minimum Gasteiger partial charge on any atom is -0.506 e. The van der Waals surface area contributed by atoms with Crippen molar-refractivity contribution in [3.8, 4) is 11.5 Å². The van der Waals surface area contributed by atoms with Crippen molar-refractivity contribution in [1.82, 2.24) is 5.32 Å². The zero-order valence-corrected chi connectivity index (χ0v) is 15.4. The molecule has 0 spiro atoms. The van der Waals surface area contributed by atoms with E-state index in [1.807, 2.05) is 45.0 Å². The molecule has 0 bridgehead atoms. The molecule has 0 aliphatic heterocycles. The number of thiocarbonyl (C=S) groups is 1. The summed E-state index contributed by atoms with van der Waals surface area (Å²) >= 11 is 5.11. The summed E-state index contributed by atoms with van der Waals surface area (Å²) in [5.74, 6) is 0.326. The van der Waals surface area contributed by atoms with E-state index in [4.69, 9.17) is 17.0 Å². The van der Waals surface area contributed by atoms with Gasteiger partial charge in [-0.25, -0.2) is 0 Å². The Morgan fingerprint density at radius 3 is 2.60 bits per heavy atom. The summed E-state index contributed by atoms with van der Waals surface area (Å²) in [6.07, 6.45) is 0.831. The fraction of sp³-hybridized carbons (Fsp3) is 0.263. The highest BCUT2D eigenvalue weighted by Crippen LogP contribution is 2.24. The molecule has 0 unspecified atom stereocenters. The molecular formula is C19H22N2O3S. The maximum Gasteiger partial charge on any atom is 0.264 e. The summed E-state index contributed by atoms with van der Waals surface area (Å²) < 4.78 is 5.47. The average molecular weight is 358 g/mol. The van der Waals surface area contributed by atoms with E-state index in [2.05, 4.69) is 10.6 Å². The zero-order valence-electron chi connectivity index (χ0n) is 14.6. The first kappa shape index (κ1) is 18.7. The molecule has 0 radical (unpaired) electrons. The molecule has 1 amide bonds. The van der Waals surface area contributed by atoms with Gasteiger partial charge in [0.15, 0.2) is 11.7 Å². The Kier molecular flexibility index (Phi) is 6.36. The van der Waals surface area contributed by atoms with E-state index in [9.17, 15) is 9.90 Å². The zero-order chi connectivity index (χ0) is 18.4. The molecule has 0 heterocycles. The summed E-state index contributed by atoms with van der Waals surface area (Å²) in [6.45, 7) is 5.86. The number of rotatable bonds is 5. The van der Waals surface area contributed by atoms with Gasteiger partial charge < -0.3 is 15.2 Å². The number of aromatic hydroxyl groups is 1. The van der Waals surface area contributed by atoms with Crippen LogP contribution in [0.2, 0.25) is 0 Å². The first-order valence-electron chi connectivity index (χ1n) is 8.01. The van der Waals surface area contributed by atoms with E-state index in [0.717, 1.165) is 23.1 Å². The number of phenolic OH excluding ortho intramolecular Hbond substituents is 1. The van der Waals surface area contributed by atoms with E-state index in [1.165, 1.54) is 0 Å². The van der Waals surface area contributed by atoms with E-state index in [-0.39, 0.29) is 23.4 Å². The first-order valence-corrected chi connectivity index (χ1v) is 8.42. The van der Waals surface area contributed by atoms with Crippen LogP contribution in [0.3, 0.4) is 0 Å². The topological polar surface area (TPSA) is 70.6 Å². The number of hydrogen-bond donors (Lipinski definition) is 3. The van der Waals surface area contributed by atoms with Gasteiger partial charge in [0.25, 0.3) is 5.91 Å². The molecule has 0 aromatic heterocycles. The van der Waals surface area contributed by atoms with Gasteiger partial charge in [-0.3, -0.25) is 10.1 Å². The number of anilines is 1. The molecule has 6 heteroatoms. The van der Waals surface area contributed by atoms with Crippen LogP contribution in [0.25, 0.3) is 0 Å². The summed E-state index contributed by atoms with van der Waals surface area (Å²) in [5.41, 5.74) is 3.77. The quantitative estimate of drug-likeness (QED) is 0.564. The summed E-state index contributed by atoms with van der Waals surface area (Å²) in [7, 11) is 0. The highest BCUT2D eigenvalue weighted by atomic mass is 32.1. The van der Waals surface area contributed by atoms with Crippen molar-refractivity contribution in [1.29, 1.82) is 0 Å². The van der Waals surface area contributed by atoms with Crippen molar-refractivity contribution >= 4 is 28.9 Å². The summed E-state index contributed by atoms with van der Waals surface area (Å²) in [5, 5.41) is 15.3. The van der Waals surface area contributed by atoms with Crippen LogP contribution >= 0.6 is 12.2 Å². The molecule has 0 fully saturated rings. The number of carbonyl (C=O) groups is 1. The summed E-state index contributed by atoms with van der Waals surface area (Å²) in [4.78, 5) is 12.0.